The number of hydrogen-bond acceptors (Lipinski definition) is 6. The highest BCUT2D eigenvalue weighted by Crippen LogP contribution is 2.30. The van der Waals surface area contributed by atoms with E-state index in [0.717, 1.165) is 22.4 Å². The summed E-state index contributed by atoms with van der Waals surface area (Å²) in [5.41, 5.74) is 16.5. The third-order valence-corrected chi connectivity index (χ3v) is 4.14. The molecule has 1 aliphatic heterocycles. The molecular formula is C19H17N7. The summed E-state index contributed by atoms with van der Waals surface area (Å²) in [4.78, 5) is 15.8. The molecule has 0 bridgehead atoms. The van der Waals surface area contributed by atoms with Gasteiger partial charge >= 0.3 is 0 Å². The van der Waals surface area contributed by atoms with Crippen LogP contribution in [0.15, 0.2) is 53.9 Å². The van der Waals surface area contributed by atoms with E-state index in [1.807, 2.05) is 43.3 Å². The molecule has 2 aromatic heterocycles. The van der Waals surface area contributed by atoms with Crippen molar-refractivity contribution in [2.45, 2.75) is 12.7 Å². The molecule has 4 rings (SSSR count). The van der Waals surface area contributed by atoms with Gasteiger partial charge in [-0.25, -0.2) is 15.0 Å². The number of amidine groups is 1. The van der Waals surface area contributed by atoms with Gasteiger partial charge in [-0.3, -0.25) is 5.73 Å². The molecule has 3 heterocycles. The zero-order chi connectivity index (χ0) is 18.1. The smallest absolute Gasteiger partial charge is 0.212 e. The molecule has 128 valence electrons. The molecule has 26 heavy (non-hydrogen) atoms. The SMILES string of the molecule is Cc1cc(C#Cc2ccccn2)ccc1C1(N)N=C(N)c2[nH]cnc2N1. The average molecular weight is 343 g/mol. The maximum Gasteiger partial charge on any atom is 0.212 e. The minimum Gasteiger partial charge on any atom is -0.382 e. The summed E-state index contributed by atoms with van der Waals surface area (Å²) in [5.74, 6) is 5.88. The molecule has 1 aliphatic rings. The van der Waals surface area contributed by atoms with Crippen LogP contribution in [0.2, 0.25) is 0 Å². The summed E-state index contributed by atoms with van der Waals surface area (Å²) in [7, 11) is 0. The Hall–Kier alpha value is -3.63. The van der Waals surface area contributed by atoms with Crippen LogP contribution >= 0.6 is 0 Å². The lowest BCUT2D eigenvalue weighted by Crippen LogP contribution is -2.48. The molecule has 0 amide bonds. The van der Waals surface area contributed by atoms with Crippen molar-refractivity contribution in [3.63, 3.8) is 0 Å². The van der Waals surface area contributed by atoms with Gasteiger partial charge < -0.3 is 16.0 Å². The van der Waals surface area contributed by atoms with Crippen molar-refractivity contribution in [1.82, 2.24) is 15.0 Å². The van der Waals surface area contributed by atoms with Gasteiger partial charge in [-0.15, -0.1) is 0 Å². The Morgan fingerprint density at radius 3 is 2.77 bits per heavy atom. The minimum atomic E-state index is -1.18. The zero-order valence-electron chi connectivity index (χ0n) is 14.1. The van der Waals surface area contributed by atoms with Gasteiger partial charge in [0.15, 0.2) is 11.7 Å². The number of aromatic nitrogens is 3. The number of fused-ring (bicyclic) bond motifs is 1. The highest BCUT2D eigenvalue weighted by molar-refractivity contribution is 6.01. The lowest BCUT2D eigenvalue weighted by atomic mass is 9.98. The van der Waals surface area contributed by atoms with Crippen molar-refractivity contribution in [2.75, 3.05) is 5.32 Å². The second kappa shape index (κ2) is 6.02. The Morgan fingerprint density at radius 2 is 2.00 bits per heavy atom. The van der Waals surface area contributed by atoms with Crippen LogP contribution in [0, 0.1) is 18.8 Å². The summed E-state index contributed by atoms with van der Waals surface area (Å²) < 4.78 is 0. The lowest BCUT2D eigenvalue weighted by Gasteiger charge is -2.32. The molecule has 0 saturated carbocycles. The number of nitrogens with two attached hydrogens (primary N) is 2. The van der Waals surface area contributed by atoms with E-state index in [1.54, 1.807) is 12.5 Å². The molecule has 3 aromatic rings. The highest BCUT2D eigenvalue weighted by atomic mass is 15.3. The topological polar surface area (TPSA) is 118 Å². The van der Waals surface area contributed by atoms with Crippen molar-refractivity contribution in [3.05, 3.63) is 77.0 Å². The van der Waals surface area contributed by atoms with E-state index in [2.05, 4.69) is 37.1 Å². The monoisotopic (exact) mass is 343 g/mol. The summed E-state index contributed by atoms with van der Waals surface area (Å²) in [6.07, 6.45) is 3.27. The lowest BCUT2D eigenvalue weighted by molar-refractivity contribution is 0.531. The van der Waals surface area contributed by atoms with Crippen molar-refractivity contribution in [1.29, 1.82) is 0 Å². The largest absolute Gasteiger partial charge is 0.382 e. The minimum absolute atomic E-state index is 0.317. The number of hydrogen-bond donors (Lipinski definition) is 4. The van der Waals surface area contributed by atoms with Gasteiger partial charge in [0.05, 0.1) is 6.33 Å². The maximum absolute atomic E-state index is 6.48. The fourth-order valence-electron chi connectivity index (χ4n) is 2.91. The number of benzene rings is 1. The first-order valence-electron chi connectivity index (χ1n) is 8.05. The third kappa shape index (κ3) is 2.79. The average Bonchev–Trinajstić information content (AvgIpc) is 3.09. The molecule has 0 fully saturated rings. The van der Waals surface area contributed by atoms with Crippen molar-refractivity contribution in [2.24, 2.45) is 16.5 Å². The number of aromatic amines is 1. The number of anilines is 1. The summed E-state index contributed by atoms with van der Waals surface area (Å²) in [6.45, 7) is 1.96. The summed E-state index contributed by atoms with van der Waals surface area (Å²) in [6, 6.07) is 11.4. The fourth-order valence-corrected chi connectivity index (χ4v) is 2.91. The summed E-state index contributed by atoms with van der Waals surface area (Å²) >= 11 is 0. The third-order valence-electron chi connectivity index (χ3n) is 4.14. The van der Waals surface area contributed by atoms with Gasteiger partial charge in [-0.2, -0.15) is 0 Å². The number of aliphatic imine (C=N–C) groups is 1. The molecule has 0 radical (unpaired) electrons. The fraction of sp³-hybridized carbons (Fsp3) is 0.105. The van der Waals surface area contributed by atoms with Crippen LogP contribution in [-0.4, -0.2) is 20.8 Å². The molecular weight excluding hydrogens is 326 g/mol. The van der Waals surface area contributed by atoms with E-state index in [1.165, 1.54) is 0 Å². The van der Waals surface area contributed by atoms with Gasteiger partial charge in [0.25, 0.3) is 0 Å². The van der Waals surface area contributed by atoms with Crippen molar-refractivity contribution >= 4 is 11.7 Å². The van der Waals surface area contributed by atoms with Gasteiger partial charge in [-0.05, 0) is 42.7 Å². The van der Waals surface area contributed by atoms with Gasteiger partial charge in [-0.1, -0.05) is 18.1 Å². The van der Waals surface area contributed by atoms with E-state index in [4.69, 9.17) is 11.5 Å². The quantitative estimate of drug-likeness (QED) is 0.498. The molecule has 0 saturated heterocycles. The highest BCUT2D eigenvalue weighted by Gasteiger charge is 2.34. The van der Waals surface area contributed by atoms with Crippen LogP contribution in [0.5, 0.6) is 0 Å². The Balaban J connectivity index is 1.67. The standard InChI is InChI=1S/C19H17N7/c1-12-10-13(5-7-14-4-2-3-9-22-14)6-8-15(12)19(21)25-17(20)16-18(26-19)24-11-23-16/h2-4,6,8-11,26H,21H2,1H3,(H2,20,25)(H,23,24). The number of nitrogens with one attached hydrogen (secondary N) is 2. The van der Waals surface area contributed by atoms with Gasteiger partial charge in [0, 0.05) is 17.3 Å². The van der Waals surface area contributed by atoms with Crippen molar-refractivity contribution in [3.8, 4) is 11.8 Å². The van der Waals surface area contributed by atoms with E-state index >= 15 is 0 Å². The van der Waals surface area contributed by atoms with E-state index in [9.17, 15) is 0 Å². The Kier molecular flexibility index (Phi) is 3.68. The first-order chi connectivity index (χ1) is 12.5. The predicted octanol–water partition coefficient (Wildman–Crippen LogP) is 1.41. The van der Waals surface area contributed by atoms with Crippen LogP contribution in [0.4, 0.5) is 5.82 Å². The van der Waals surface area contributed by atoms with Crippen LogP contribution in [-0.2, 0) is 5.79 Å². The van der Waals surface area contributed by atoms with Crippen LogP contribution in [0.3, 0.4) is 0 Å². The number of rotatable bonds is 1. The Bertz CT molecular complexity index is 1060. The molecule has 1 atom stereocenters. The van der Waals surface area contributed by atoms with Crippen LogP contribution in [0.1, 0.15) is 28.1 Å². The van der Waals surface area contributed by atoms with Crippen LogP contribution < -0.4 is 16.8 Å². The predicted molar refractivity (Wildman–Crippen MR) is 100 cm³/mol. The Labute approximate surface area is 150 Å². The summed E-state index contributed by atoms with van der Waals surface area (Å²) in [5, 5.41) is 3.14. The van der Waals surface area contributed by atoms with Crippen LogP contribution in [0.25, 0.3) is 0 Å². The van der Waals surface area contributed by atoms with Crippen molar-refractivity contribution < 1.29 is 0 Å². The molecule has 0 aliphatic carbocycles. The second-order valence-corrected chi connectivity index (χ2v) is 6.01. The second-order valence-electron chi connectivity index (χ2n) is 6.01. The van der Waals surface area contributed by atoms with E-state index in [0.29, 0.717) is 17.3 Å². The number of imidazole rings is 1. The molecule has 1 aromatic carbocycles. The van der Waals surface area contributed by atoms with E-state index < -0.39 is 5.79 Å². The number of pyridine rings is 1. The first-order valence-corrected chi connectivity index (χ1v) is 8.05. The number of nitrogens with zero attached hydrogens (tertiary/aromatic N) is 3. The van der Waals surface area contributed by atoms with Gasteiger partial charge in [0.2, 0.25) is 5.79 Å². The molecule has 0 spiro atoms. The number of aryl methyl sites for hydroxylation is 1. The maximum atomic E-state index is 6.48. The molecule has 6 N–H and O–H groups in total. The molecule has 1 unspecified atom stereocenters. The van der Waals surface area contributed by atoms with E-state index in [-0.39, 0.29) is 0 Å². The van der Waals surface area contributed by atoms with Gasteiger partial charge in [0.1, 0.15) is 11.4 Å². The molecule has 7 nitrogen and oxygen atoms in total. The Morgan fingerprint density at radius 1 is 1.12 bits per heavy atom. The normalized spacial score (nSPS) is 18.2. The zero-order valence-corrected chi connectivity index (χ0v) is 14.1. The first kappa shape index (κ1) is 15.9. The molecule has 7 heteroatoms. The number of H-pyrrole nitrogens is 1.